The summed E-state index contributed by atoms with van der Waals surface area (Å²) in [6, 6.07) is 6.58. The number of nitrogens with one attached hydrogen (secondary N) is 1. The van der Waals surface area contributed by atoms with Crippen LogP contribution in [0.15, 0.2) is 24.3 Å². The molecule has 0 bridgehead atoms. The Bertz CT molecular complexity index is 750. The van der Waals surface area contributed by atoms with Crippen molar-refractivity contribution in [1.29, 1.82) is 0 Å². The van der Waals surface area contributed by atoms with Gasteiger partial charge < -0.3 is 15.8 Å². The van der Waals surface area contributed by atoms with Gasteiger partial charge in [0, 0.05) is 18.2 Å². The molecule has 8 heteroatoms. The Morgan fingerprint density at radius 2 is 1.89 bits per heavy atom. The maximum absolute atomic E-state index is 12.9. The molecule has 148 valence electrons. The van der Waals surface area contributed by atoms with Gasteiger partial charge in [-0.2, -0.15) is 18.2 Å². The van der Waals surface area contributed by atoms with E-state index in [-0.39, 0.29) is 12.4 Å². The van der Waals surface area contributed by atoms with Crippen LogP contribution >= 0.6 is 0 Å². The van der Waals surface area contributed by atoms with Gasteiger partial charge in [0.05, 0.1) is 6.61 Å². The minimum atomic E-state index is -4.58. The van der Waals surface area contributed by atoms with E-state index in [1.807, 2.05) is 25.1 Å². The number of unbranched alkanes of at least 4 members (excludes halogenated alkanes) is 3. The smallest absolute Gasteiger partial charge is 0.433 e. The average Bonchev–Trinajstić information content (AvgIpc) is 2.59. The van der Waals surface area contributed by atoms with Gasteiger partial charge in [-0.05, 0) is 25.0 Å². The number of aromatic nitrogens is 2. The number of benzene rings is 1. The van der Waals surface area contributed by atoms with Crippen LogP contribution in [0, 0.1) is 6.92 Å². The molecule has 0 aliphatic rings. The summed E-state index contributed by atoms with van der Waals surface area (Å²) in [5.41, 5.74) is 6.20. The molecule has 0 atom stereocenters. The lowest BCUT2D eigenvalue weighted by Gasteiger charge is -2.14. The second kappa shape index (κ2) is 9.43. The first-order valence-corrected chi connectivity index (χ1v) is 8.97. The number of nitrogens with zero attached hydrogens (tertiary/aromatic N) is 2. The second-order valence-corrected chi connectivity index (χ2v) is 6.37. The van der Waals surface area contributed by atoms with E-state index in [1.165, 1.54) is 6.42 Å². The molecule has 1 aromatic heterocycles. The molecule has 0 saturated carbocycles. The van der Waals surface area contributed by atoms with Crippen LogP contribution in [0.4, 0.5) is 24.9 Å². The molecule has 0 aliphatic heterocycles. The highest BCUT2D eigenvalue weighted by Crippen LogP contribution is 2.29. The third-order valence-corrected chi connectivity index (χ3v) is 3.97. The van der Waals surface area contributed by atoms with Crippen molar-refractivity contribution in [1.82, 2.24) is 9.97 Å². The number of hydrogen-bond donors (Lipinski definition) is 2. The van der Waals surface area contributed by atoms with Crippen molar-refractivity contribution in [2.45, 2.75) is 52.3 Å². The van der Waals surface area contributed by atoms with Crippen molar-refractivity contribution in [2.75, 3.05) is 17.7 Å². The first-order valence-electron chi connectivity index (χ1n) is 8.97. The van der Waals surface area contributed by atoms with Crippen molar-refractivity contribution in [3.63, 3.8) is 0 Å². The van der Waals surface area contributed by atoms with Crippen LogP contribution in [0.1, 0.15) is 49.4 Å². The normalized spacial score (nSPS) is 11.4. The Hall–Kier alpha value is -2.51. The summed E-state index contributed by atoms with van der Waals surface area (Å²) in [6.07, 6.45) is -0.184. The summed E-state index contributed by atoms with van der Waals surface area (Å²) in [6.45, 7) is 4.98. The Morgan fingerprint density at radius 3 is 2.59 bits per heavy atom. The van der Waals surface area contributed by atoms with Crippen molar-refractivity contribution in [2.24, 2.45) is 0 Å². The van der Waals surface area contributed by atoms with Crippen LogP contribution in [0.5, 0.6) is 5.75 Å². The molecule has 0 amide bonds. The Kier molecular flexibility index (Phi) is 7.27. The lowest BCUT2D eigenvalue weighted by Crippen LogP contribution is -2.13. The Labute approximate surface area is 157 Å². The molecule has 1 aromatic carbocycles. The fraction of sp³-hybridized carbons (Fsp3) is 0.474. The molecule has 0 radical (unpaired) electrons. The van der Waals surface area contributed by atoms with E-state index in [1.54, 1.807) is 0 Å². The lowest BCUT2D eigenvalue weighted by molar-refractivity contribution is -0.141. The fourth-order valence-corrected chi connectivity index (χ4v) is 2.54. The van der Waals surface area contributed by atoms with Crippen LogP contribution < -0.4 is 15.8 Å². The highest BCUT2D eigenvalue weighted by atomic mass is 19.4. The highest BCUT2D eigenvalue weighted by Gasteiger charge is 2.33. The first kappa shape index (κ1) is 20.8. The average molecular weight is 382 g/mol. The predicted molar refractivity (Wildman–Crippen MR) is 99.6 cm³/mol. The second-order valence-electron chi connectivity index (χ2n) is 6.37. The van der Waals surface area contributed by atoms with E-state index >= 15 is 0 Å². The minimum absolute atomic E-state index is 0.0179. The zero-order valence-corrected chi connectivity index (χ0v) is 15.6. The molecule has 0 spiro atoms. The number of aryl methyl sites for hydroxylation is 1. The molecule has 2 aromatic rings. The van der Waals surface area contributed by atoms with Gasteiger partial charge in [0.2, 0.25) is 5.95 Å². The van der Waals surface area contributed by atoms with Gasteiger partial charge in [0.25, 0.3) is 0 Å². The maximum Gasteiger partial charge on any atom is 0.433 e. The Morgan fingerprint density at radius 1 is 1.11 bits per heavy atom. The van der Waals surface area contributed by atoms with Gasteiger partial charge in [0.15, 0.2) is 5.69 Å². The van der Waals surface area contributed by atoms with Gasteiger partial charge in [-0.1, -0.05) is 38.3 Å². The SMILES string of the molecule is CCCCCCOc1cc(C)ccc1CNc1cc(C(F)(F)F)nc(N)n1. The molecule has 0 aliphatic carbocycles. The number of rotatable bonds is 9. The highest BCUT2D eigenvalue weighted by molar-refractivity contribution is 5.44. The summed E-state index contributed by atoms with van der Waals surface area (Å²) in [4.78, 5) is 7.05. The van der Waals surface area contributed by atoms with Crippen LogP contribution in [0.3, 0.4) is 0 Å². The van der Waals surface area contributed by atoms with Gasteiger partial charge >= 0.3 is 6.18 Å². The molecular formula is C19H25F3N4O. The topological polar surface area (TPSA) is 73.1 Å². The molecule has 0 fully saturated rings. The molecule has 3 N–H and O–H groups in total. The summed E-state index contributed by atoms with van der Waals surface area (Å²) in [5, 5.41) is 2.87. The van der Waals surface area contributed by atoms with Gasteiger partial charge in [-0.3, -0.25) is 0 Å². The maximum atomic E-state index is 12.9. The molecule has 5 nitrogen and oxygen atoms in total. The van der Waals surface area contributed by atoms with E-state index < -0.39 is 17.8 Å². The molecular weight excluding hydrogens is 357 g/mol. The van der Waals surface area contributed by atoms with Crippen molar-refractivity contribution in [3.05, 3.63) is 41.1 Å². The zero-order chi connectivity index (χ0) is 19.9. The first-order chi connectivity index (χ1) is 12.8. The number of nitrogens with two attached hydrogens (primary N) is 1. The van der Waals surface area contributed by atoms with E-state index in [2.05, 4.69) is 22.2 Å². The van der Waals surface area contributed by atoms with Crippen molar-refractivity contribution in [3.8, 4) is 5.75 Å². The quantitative estimate of drug-likeness (QED) is 0.600. The van der Waals surface area contributed by atoms with Gasteiger partial charge in [-0.25, -0.2) is 4.98 Å². The lowest BCUT2D eigenvalue weighted by atomic mass is 10.1. The number of alkyl halides is 3. The van der Waals surface area contributed by atoms with E-state index in [0.717, 1.165) is 42.2 Å². The number of ether oxygens (including phenoxy) is 1. The molecule has 0 unspecified atom stereocenters. The van der Waals surface area contributed by atoms with Crippen LogP contribution in [-0.2, 0) is 12.7 Å². The minimum Gasteiger partial charge on any atom is -0.493 e. The zero-order valence-electron chi connectivity index (χ0n) is 15.6. The van der Waals surface area contributed by atoms with Gasteiger partial charge in [-0.15, -0.1) is 0 Å². The third kappa shape index (κ3) is 6.62. The van der Waals surface area contributed by atoms with E-state index in [4.69, 9.17) is 10.5 Å². The van der Waals surface area contributed by atoms with E-state index in [0.29, 0.717) is 6.61 Å². The standard InChI is InChI=1S/C19H25F3N4O/c1-3-4-5-6-9-27-15-10-13(2)7-8-14(15)12-24-17-11-16(19(20,21)22)25-18(23)26-17/h7-8,10-11H,3-6,9,12H2,1-2H3,(H3,23,24,25,26). The summed E-state index contributed by atoms with van der Waals surface area (Å²) >= 11 is 0. The molecule has 1 heterocycles. The number of hydrogen-bond acceptors (Lipinski definition) is 5. The third-order valence-electron chi connectivity index (χ3n) is 3.97. The Balaban J connectivity index is 2.06. The van der Waals surface area contributed by atoms with Gasteiger partial charge in [0.1, 0.15) is 11.6 Å². The molecule has 0 saturated heterocycles. The molecule has 2 rings (SSSR count). The number of anilines is 2. The van der Waals surface area contributed by atoms with E-state index in [9.17, 15) is 13.2 Å². The number of halogens is 3. The summed E-state index contributed by atoms with van der Waals surface area (Å²) < 4.78 is 44.4. The summed E-state index contributed by atoms with van der Waals surface area (Å²) in [5.74, 6) is 0.310. The monoisotopic (exact) mass is 382 g/mol. The predicted octanol–water partition coefficient (Wildman–Crippen LogP) is 4.96. The summed E-state index contributed by atoms with van der Waals surface area (Å²) in [7, 11) is 0. The largest absolute Gasteiger partial charge is 0.493 e. The van der Waals surface area contributed by atoms with Crippen molar-refractivity contribution >= 4 is 11.8 Å². The van der Waals surface area contributed by atoms with Crippen molar-refractivity contribution < 1.29 is 17.9 Å². The molecule has 27 heavy (non-hydrogen) atoms. The number of nitrogen functional groups attached to an aromatic ring is 1. The fourth-order valence-electron chi connectivity index (χ4n) is 2.54. The van der Waals surface area contributed by atoms with Crippen LogP contribution in [0.25, 0.3) is 0 Å². The van der Waals surface area contributed by atoms with Crippen LogP contribution in [-0.4, -0.2) is 16.6 Å². The van der Waals surface area contributed by atoms with Crippen LogP contribution in [0.2, 0.25) is 0 Å².